The Morgan fingerprint density at radius 1 is 1.69 bits per heavy atom. The van der Waals surface area contributed by atoms with Gasteiger partial charge in [0.15, 0.2) is 0 Å². The summed E-state index contributed by atoms with van der Waals surface area (Å²) < 4.78 is 0. The molecular weight excluding hydrogens is 162 g/mol. The maximum Gasteiger partial charge on any atom is 0.107 e. The van der Waals surface area contributed by atoms with E-state index in [2.05, 4.69) is 16.9 Å². The van der Waals surface area contributed by atoms with Crippen LogP contribution < -0.4 is 5.73 Å². The normalized spacial score (nSPS) is 21.4. The third-order valence-electron chi connectivity index (χ3n) is 3.02. The highest BCUT2D eigenvalue weighted by Gasteiger charge is 2.31. The highest BCUT2D eigenvalue weighted by molar-refractivity contribution is 4.94. The van der Waals surface area contributed by atoms with E-state index < -0.39 is 0 Å². The lowest BCUT2D eigenvalue weighted by atomic mass is 9.95. The summed E-state index contributed by atoms with van der Waals surface area (Å²) in [6.07, 6.45) is 7.25. The van der Waals surface area contributed by atoms with Crippen molar-refractivity contribution in [1.29, 1.82) is 0 Å². The van der Waals surface area contributed by atoms with Gasteiger partial charge in [-0.25, -0.2) is 4.98 Å². The third kappa shape index (κ3) is 2.10. The van der Waals surface area contributed by atoms with Crippen LogP contribution in [0.4, 0.5) is 0 Å². The van der Waals surface area contributed by atoms with Crippen molar-refractivity contribution in [2.24, 2.45) is 17.6 Å². The molecule has 0 amide bonds. The van der Waals surface area contributed by atoms with Crippen molar-refractivity contribution in [1.82, 2.24) is 9.97 Å². The molecule has 1 heterocycles. The molecule has 3 N–H and O–H groups in total. The summed E-state index contributed by atoms with van der Waals surface area (Å²) in [4.78, 5) is 7.27. The van der Waals surface area contributed by atoms with Crippen LogP contribution in [0.1, 0.15) is 25.6 Å². The number of hydrogen-bond donors (Lipinski definition) is 2. The Morgan fingerprint density at radius 2 is 2.46 bits per heavy atom. The minimum atomic E-state index is 0.263. The van der Waals surface area contributed by atoms with E-state index in [1.54, 1.807) is 6.20 Å². The Labute approximate surface area is 78.7 Å². The first-order valence-electron chi connectivity index (χ1n) is 5.01. The molecule has 1 saturated carbocycles. The number of rotatable bonds is 4. The van der Waals surface area contributed by atoms with Crippen molar-refractivity contribution < 1.29 is 0 Å². The average molecular weight is 179 g/mol. The lowest BCUT2D eigenvalue weighted by Gasteiger charge is -2.17. The van der Waals surface area contributed by atoms with Gasteiger partial charge in [-0.3, -0.25) is 0 Å². The number of nitrogens with one attached hydrogen (secondary N) is 1. The molecule has 13 heavy (non-hydrogen) atoms. The first-order chi connectivity index (χ1) is 6.27. The number of aromatic nitrogens is 2. The van der Waals surface area contributed by atoms with Crippen molar-refractivity contribution in [2.45, 2.75) is 32.2 Å². The Kier molecular flexibility index (Phi) is 2.36. The average Bonchev–Trinajstić information content (AvgIpc) is 2.85. The van der Waals surface area contributed by atoms with Gasteiger partial charge >= 0.3 is 0 Å². The Morgan fingerprint density at radius 3 is 3.00 bits per heavy atom. The predicted molar refractivity (Wildman–Crippen MR) is 52.2 cm³/mol. The van der Waals surface area contributed by atoms with Crippen LogP contribution >= 0.6 is 0 Å². The minimum Gasteiger partial charge on any atom is -0.349 e. The second-order valence-electron chi connectivity index (χ2n) is 4.10. The van der Waals surface area contributed by atoms with Crippen LogP contribution in [0.3, 0.4) is 0 Å². The smallest absolute Gasteiger partial charge is 0.107 e. The van der Waals surface area contributed by atoms with Crippen LogP contribution in [0, 0.1) is 11.8 Å². The van der Waals surface area contributed by atoms with Gasteiger partial charge in [-0.05, 0) is 24.7 Å². The van der Waals surface area contributed by atoms with Crippen LogP contribution in [0.25, 0.3) is 0 Å². The molecule has 1 aromatic heterocycles. The lowest BCUT2D eigenvalue weighted by Crippen LogP contribution is -2.32. The van der Waals surface area contributed by atoms with Gasteiger partial charge in [0.1, 0.15) is 5.82 Å². The summed E-state index contributed by atoms with van der Waals surface area (Å²) in [7, 11) is 0. The first-order valence-corrected chi connectivity index (χ1v) is 5.01. The van der Waals surface area contributed by atoms with Crippen molar-refractivity contribution in [3.05, 3.63) is 18.2 Å². The molecule has 1 aromatic rings. The first kappa shape index (κ1) is 8.75. The Balaban J connectivity index is 1.86. The SMILES string of the molecule is CC(C(N)Cc1ncc[nH]1)C1CC1. The molecular formula is C10H17N3. The summed E-state index contributed by atoms with van der Waals surface area (Å²) in [6, 6.07) is 0.263. The van der Waals surface area contributed by atoms with Gasteiger partial charge < -0.3 is 10.7 Å². The van der Waals surface area contributed by atoms with Gasteiger partial charge in [-0.15, -0.1) is 0 Å². The maximum absolute atomic E-state index is 6.09. The minimum absolute atomic E-state index is 0.263. The van der Waals surface area contributed by atoms with Gasteiger partial charge in [-0.2, -0.15) is 0 Å². The molecule has 1 aliphatic rings. The standard InChI is InChI=1S/C10H17N3/c1-7(8-2-3-8)9(11)6-10-12-4-5-13-10/h4-5,7-9H,2-3,6,11H2,1H3,(H,12,13). The summed E-state index contributed by atoms with van der Waals surface area (Å²) in [5, 5.41) is 0. The topological polar surface area (TPSA) is 54.7 Å². The molecule has 0 aromatic carbocycles. The zero-order valence-electron chi connectivity index (χ0n) is 8.03. The largest absolute Gasteiger partial charge is 0.349 e. The number of hydrogen-bond acceptors (Lipinski definition) is 2. The van der Waals surface area contributed by atoms with E-state index in [1.807, 2.05) is 6.20 Å². The molecule has 1 aliphatic carbocycles. The fraction of sp³-hybridized carbons (Fsp3) is 0.700. The van der Waals surface area contributed by atoms with Crippen molar-refractivity contribution in [3.8, 4) is 0 Å². The monoisotopic (exact) mass is 179 g/mol. The number of imidazole rings is 1. The molecule has 72 valence electrons. The number of H-pyrrole nitrogens is 1. The molecule has 1 fully saturated rings. The number of nitrogens with two attached hydrogens (primary N) is 1. The molecule has 0 radical (unpaired) electrons. The zero-order valence-corrected chi connectivity index (χ0v) is 8.03. The van der Waals surface area contributed by atoms with Crippen LogP contribution in [0.5, 0.6) is 0 Å². The Bertz CT molecular complexity index is 251. The van der Waals surface area contributed by atoms with E-state index in [1.165, 1.54) is 12.8 Å². The number of nitrogens with zero attached hydrogens (tertiary/aromatic N) is 1. The highest BCUT2D eigenvalue weighted by atomic mass is 14.9. The fourth-order valence-corrected chi connectivity index (χ4v) is 1.79. The highest BCUT2D eigenvalue weighted by Crippen LogP contribution is 2.38. The molecule has 0 bridgehead atoms. The van der Waals surface area contributed by atoms with Crippen molar-refractivity contribution in [3.63, 3.8) is 0 Å². The van der Waals surface area contributed by atoms with E-state index in [0.29, 0.717) is 5.92 Å². The van der Waals surface area contributed by atoms with Crippen molar-refractivity contribution in [2.75, 3.05) is 0 Å². The summed E-state index contributed by atoms with van der Waals surface area (Å²) in [5.74, 6) is 2.54. The van der Waals surface area contributed by atoms with Gasteiger partial charge in [0, 0.05) is 24.9 Å². The number of aromatic amines is 1. The van der Waals surface area contributed by atoms with E-state index in [9.17, 15) is 0 Å². The van der Waals surface area contributed by atoms with E-state index >= 15 is 0 Å². The summed E-state index contributed by atoms with van der Waals surface area (Å²) >= 11 is 0. The maximum atomic E-state index is 6.09. The molecule has 2 unspecified atom stereocenters. The molecule has 0 aliphatic heterocycles. The molecule has 2 rings (SSSR count). The van der Waals surface area contributed by atoms with Crippen LogP contribution in [-0.2, 0) is 6.42 Å². The van der Waals surface area contributed by atoms with Gasteiger partial charge in [0.2, 0.25) is 0 Å². The van der Waals surface area contributed by atoms with E-state index in [0.717, 1.165) is 18.2 Å². The van der Waals surface area contributed by atoms with Gasteiger partial charge in [0.25, 0.3) is 0 Å². The molecule has 0 spiro atoms. The predicted octanol–water partition coefficient (Wildman–Crippen LogP) is 1.33. The quantitative estimate of drug-likeness (QED) is 0.732. The van der Waals surface area contributed by atoms with Crippen LogP contribution in [0.15, 0.2) is 12.4 Å². The summed E-state index contributed by atoms with van der Waals surface area (Å²) in [6.45, 7) is 2.26. The van der Waals surface area contributed by atoms with E-state index in [4.69, 9.17) is 5.73 Å². The van der Waals surface area contributed by atoms with Gasteiger partial charge in [0.05, 0.1) is 0 Å². The van der Waals surface area contributed by atoms with Crippen LogP contribution in [-0.4, -0.2) is 16.0 Å². The summed E-state index contributed by atoms with van der Waals surface area (Å²) in [5.41, 5.74) is 6.09. The lowest BCUT2D eigenvalue weighted by molar-refractivity contribution is 0.400. The van der Waals surface area contributed by atoms with Gasteiger partial charge in [-0.1, -0.05) is 6.92 Å². The molecule has 0 saturated heterocycles. The molecule has 3 nitrogen and oxygen atoms in total. The van der Waals surface area contributed by atoms with Crippen molar-refractivity contribution >= 4 is 0 Å². The molecule has 2 atom stereocenters. The second-order valence-corrected chi connectivity index (χ2v) is 4.10. The Hall–Kier alpha value is -0.830. The third-order valence-corrected chi connectivity index (χ3v) is 3.02. The second kappa shape index (κ2) is 3.50. The fourth-order valence-electron chi connectivity index (χ4n) is 1.79. The van der Waals surface area contributed by atoms with Crippen LogP contribution in [0.2, 0.25) is 0 Å². The molecule has 3 heteroatoms. The van der Waals surface area contributed by atoms with E-state index in [-0.39, 0.29) is 6.04 Å². The zero-order chi connectivity index (χ0) is 9.26.